The highest BCUT2D eigenvalue weighted by atomic mass is 16.4. The van der Waals surface area contributed by atoms with Crippen molar-refractivity contribution in [1.82, 2.24) is 0 Å². The van der Waals surface area contributed by atoms with E-state index in [9.17, 15) is 9.90 Å². The minimum atomic E-state index is -1.11. The molecular formula is C10H11O2-. The van der Waals surface area contributed by atoms with Gasteiger partial charge >= 0.3 is 0 Å². The molecule has 0 saturated heterocycles. The fourth-order valence-electron chi connectivity index (χ4n) is 1.02. The van der Waals surface area contributed by atoms with E-state index in [1.165, 1.54) is 0 Å². The molecule has 1 rings (SSSR count). The van der Waals surface area contributed by atoms with Gasteiger partial charge in [0, 0.05) is 0 Å². The molecule has 0 aliphatic heterocycles. The van der Waals surface area contributed by atoms with Crippen LogP contribution in [-0.4, -0.2) is 5.97 Å². The molecule has 0 spiro atoms. The van der Waals surface area contributed by atoms with Gasteiger partial charge in [-0.2, -0.15) is 0 Å². The number of aromatic carboxylic acids is 1. The van der Waals surface area contributed by atoms with Gasteiger partial charge in [0.05, 0.1) is 5.97 Å². The molecule has 0 unspecified atom stereocenters. The third-order valence-electron chi connectivity index (χ3n) is 1.79. The lowest BCUT2D eigenvalue weighted by molar-refractivity contribution is -0.255. The van der Waals surface area contributed by atoms with Crippen molar-refractivity contribution in [2.24, 2.45) is 0 Å². The number of carbonyl (C=O) groups excluding carboxylic acids is 1. The molecule has 2 heteroatoms. The molecule has 0 atom stereocenters. The zero-order valence-corrected chi connectivity index (χ0v) is 7.20. The first-order valence-corrected chi connectivity index (χ1v) is 3.92. The molecule has 0 saturated carbocycles. The summed E-state index contributed by atoms with van der Waals surface area (Å²) in [5.74, 6) is -0.762. The van der Waals surface area contributed by atoms with Gasteiger partial charge in [-0.3, -0.25) is 0 Å². The van der Waals surface area contributed by atoms with Gasteiger partial charge in [-0.05, 0) is 23.1 Å². The van der Waals surface area contributed by atoms with Crippen molar-refractivity contribution in [3.05, 3.63) is 35.4 Å². The topological polar surface area (TPSA) is 40.1 Å². The molecule has 12 heavy (non-hydrogen) atoms. The van der Waals surface area contributed by atoms with Crippen molar-refractivity contribution in [2.75, 3.05) is 0 Å². The number of carbonyl (C=O) groups is 1. The highest BCUT2D eigenvalue weighted by molar-refractivity contribution is 5.85. The lowest BCUT2D eigenvalue weighted by Gasteiger charge is -2.07. The Bertz CT molecular complexity index is 290. The van der Waals surface area contributed by atoms with E-state index < -0.39 is 5.97 Å². The lowest BCUT2D eigenvalue weighted by Crippen LogP contribution is -2.22. The summed E-state index contributed by atoms with van der Waals surface area (Å²) in [7, 11) is 0. The second-order valence-corrected chi connectivity index (χ2v) is 3.07. The van der Waals surface area contributed by atoms with Crippen molar-refractivity contribution in [2.45, 2.75) is 19.8 Å². The van der Waals surface area contributed by atoms with Gasteiger partial charge in [0.25, 0.3) is 0 Å². The number of hydrogen-bond acceptors (Lipinski definition) is 2. The Morgan fingerprint density at radius 1 is 1.42 bits per heavy atom. The van der Waals surface area contributed by atoms with E-state index in [0.717, 1.165) is 5.56 Å². The van der Waals surface area contributed by atoms with Crippen LogP contribution in [0.25, 0.3) is 0 Å². The van der Waals surface area contributed by atoms with Crippen LogP contribution in [0.1, 0.15) is 35.7 Å². The summed E-state index contributed by atoms with van der Waals surface area (Å²) < 4.78 is 0. The largest absolute Gasteiger partial charge is 0.545 e. The third kappa shape index (κ3) is 1.84. The van der Waals surface area contributed by atoms with E-state index in [1.54, 1.807) is 18.2 Å². The maximum atomic E-state index is 10.5. The molecule has 1 aromatic carbocycles. The highest BCUT2D eigenvalue weighted by Gasteiger charge is 1.99. The van der Waals surface area contributed by atoms with E-state index in [-0.39, 0.29) is 5.56 Å². The first-order valence-electron chi connectivity index (χ1n) is 3.92. The minimum Gasteiger partial charge on any atom is -0.545 e. The number of carboxylic acids is 1. The van der Waals surface area contributed by atoms with Crippen LogP contribution in [0.3, 0.4) is 0 Å². The SMILES string of the molecule is CC(C)c1cccc(C(=O)[O-])c1. The smallest absolute Gasteiger partial charge is 0.0715 e. The molecule has 0 N–H and O–H groups in total. The molecule has 1 aromatic rings. The Kier molecular flexibility index (Phi) is 2.48. The summed E-state index contributed by atoms with van der Waals surface area (Å²) in [6.07, 6.45) is 0. The number of carboxylic acid groups (broad SMARTS) is 1. The van der Waals surface area contributed by atoms with Gasteiger partial charge in [0.1, 0.15) is 0 Å². The van der Waals surface area contributed by atoms with Crippen molar-refractivity contribution < 1.29 is 9.90 Å². The second-order valence-electron chi connectivity index (χ2n) is 3.07. The predicted molar refractivity (Wildman–Crippen MR) is 44.9 cm³/mol. The van der Waals surface area contributed by atoms with Crippen molar-refractivity contribution in [3.63, 3.8) is 0 Å². The number of hydrogen-bond donors (Lipinski definition) is 0. The third-order valence-corrected chi connectivity index (χ3v) is 1.79. The van der Waals surface area contributed by atoms with E-state index in [2.05, 4.69) is 0 Å². The van der Waals surface area contributed by atoms with E-state index in [4.69, 9.17) is 0 Å². The molecule has 0 fully saturated rings. The average molecular weight is 163 g/mol. The van der Waals surface area contributed by atoms with Gasteiger partial charge in [-0.25, -0.2) is 0 Å². The number of benzene rings is 1. The molecule has 0 amide bonds. The monoisotopic (exact) mass is 163 g/mol. The zero-order chi connectivity index (χ0) is 9.14. The predicted octanol–water partition coefficient (Wildman–Crippen LogP) is 1.17. The van der Waals surface area contributed by atoms with Gasteiger partial charge in [0.15, 0.2) is 0 Å². The summed E-state index contributed by atoms with van der Waals surface area (Å²) in [6, 6.07) is 6.85. The molecule has 0 radical (unpaired) electrons. The summed E-state index contributed by atoms with van der Waals surface area (Å²) in [5.41, 5.74) is 1.28. The minimum absolute atomic E-state index is 0.251. The molecule has 2 nitrogen and oxygen atoms in total. The van der Waals surface area contributed by atoms with Gasteiger partial charge in [-0.15, -0.1) is 0 Å². The van der Waals surface area contributed by atoms with Crippen LogP contribution in [-0.2, 0) is 0 Å². The Hall–Kier alpha value is -1.31. The average Bonchev–Trinajstić information content (AvgIpc) is 2.04. The summed E-state index contributed by atoms with van der Waals surface area (Å²) in [6.45, 7) is 4.04. The van der Waals surface area contributed by atoms with Crippen LogP contribution in [0, 0.1) is 0 Å². The van der Waals surface area contributed by atoms with Crippen LogP contribution in [0.5, 0.6) is 0 Å². The van der Waals surface area contributed by atoms with Crippen molar-refractivity contribution >= 4 is 5.97 Å². The molecule has 0 aromatic heterocycles. The van der Waals surface area contributed by atoms with Crippen molar-refractivity contribution in [3.8, 4) is 0 Å². The second kappa shape index (κ2) is 3.39. The van der Waals surface area contributed by atoms with E-state index >= 15 is 0 Å². The van der Waals surface area contributed by atoms with Crippen LogP contribution in [0.4, 0.5) is 0 Å². The Balaban J connectivity index is 3.04. The standard InChI is InChI=1S/C10H12O2/c1-7(2)8-4-3-5-9(6-8)10(11)12/h3-7H,1-2H3,(H,11,12)/p-1. The fourth-order valence-corrected chi connectivity index (χ4v) is 1.02. The Morgan fingerprint density at radius 2 is 2.08 bits per heavy atom. The fraction of sp³-hybridized carbons (Fsp3) is 0.300. The van der Waals surface area contributed by atoms with Gasteiger partial charge < -0.3 is 9.90 Å². The van der Waals surface area contributed by atoms with E-state index in [1.807, 2.05) is 19.9 Å². The summed E-state index contributed by atoms with van der Waals surface area (Å²) in [5, 5.41) is 10.5. The molecule has 0 aliphatic rings. The van der Waals surface area contributed by atoms with Crippen LogP contribution in [0.15, 0.2) is 24.3 Å². The maximum Gasteiger partial charge on any atom is 0.0715 e. The summed E-state index contributed by atoms with van der Waals surface area (Å²) >= 11 is 0. The van der Waals surface area contributed by atoms with Crippen LogP contribution < -0.4 is 5.11 Å². The van der Waals surface area contributed by atoms with Gasteiger partial charge in [-0.1, -0.05) is 32.0 Å². The maximum absolute atomic E-state index is 10.5. The lowest BCUT2D eigenvalue weighted by atomic mass is 10.0. The molecule has 0 aliphatic carbocycles. The van der Waals surface area contributed by atoms with E-state index in [0.29, 0.717) is 5.92 Å². The first kappa shape index (κ1) is 8.78. The number of rotatable bonds is 2. The Morgan fingerprint density at radius 3 is 2.58 bits per heavy atom. The normalized spacial score (nSPS) is 10.2. The molecule has 64 valence electrons. The molecule has 0 heterocycles. The first-order chi connectivity index (χ1) is 5.61. The summed E-state index contributed by atoms with van der Waals surface area (Å²) in [4.78, 5) is 10.5. The van der Waals surface area contributed by atoms with Crippen LogP contribution >= 0.6 is 0 Å². The molecule has 0 bridgehead atoms. The van der Waals surface area contributed by atoms with Gasteiger partial charge in [0.2, 0.25) is 0 Å². The van der Waals surface area contributed by atoms with Crippen molar-refractivity contribution in [1.29, 1.82) is 0 Å². The molecular weight excluding hydrogens is 152 g/mol. The van der Waals surface area contributed by atoms with Crippen LogP contribution in [0.2, 0.25) is 0 Å². The quantitative estimate of drug-likeness (QED) is 0.656. The Labute approximate surface area is 71.8 Å². The highest BCUT2D eigenvalue weighted by Crippen LogP contribution is 2.14. The zero-order valence-electron chi connectivity index (χ0n) is 7.20.